The SMILES string of the molecule is CC(C)(C)c1ccc(/[C](=C/CO[Si](C)(C)C(C)(C)C)[Sn]([CH3])([CH3])[CH3])cc1. The second-order valence-electron chi connectivity index (χ2n) is 10.8. The zero-order valence-electron chi connectivity index (χ0n) is 18.5. The van der Waals surface area contributed by atoms with Crippen LogP contribution >= 0.6 is 0 Å². The molecule has 0 fully saturated rings. The Balaban J connectivity index is 3.07. The fraction of sp³-hybridized carbons (Fsp3) is 0.636. The predicted octanol–water partition coefficient (Wildman–Crippen LogP) is 7.27. The molecule has 0 aliphatic rings. The van der Waals surface area contributed by atoms with Crippen molar-refractivity contribution in [3.8, 4) is 0 Å². The summed E-state index contributed by atoms with van der Waals surface area (Å²) in [6, 6.07) is 9.24. The molecular weight excluding hydrogens is 427 g/mol. The van der Waals surface area contributed by atoms with Crippen LogP contribution in [0.1, 0.15) is 52.7 Å². The third-order valence-electron chi connectivity index (χ3n) is 5.41. The van der Waals surface area contributed by atoms with E-state index in [0.717, 1.165) is 6.61 Å². The Morgan fingerprint density at radius 2 is 1.44 bits per heavy atom. The van der Waals surface area contributed by atoms with E-state index in [2.05, 4.69) is 99.8 Å². The van der Waals surface area contributed by atoms with Gasteiger partial charge in [0.1, 0.15) is 0 Å². The van der Waals surface area contributed by atoms with Crippen molar-refractivity contribution in [1.82, 2.24) is 0 Å². The van der Waals surface area contributed by atoms with Crippen LogP contribution < -0.4 is 0 Å². The molecule has 1 aromatic carbocycles. The summed E-state index contributed by atoms with van der Waals surface area (Å²) in [5.74, 6) is 0. The van der Waals surface area contributed by atoms with Gasteiger partial charge in [0.25, 0.3) is 0 Å². The van der Waals surface area contributed by atoms with E-state index in [1.165, 1.54) is 11.1 Å². The van der Waals surface area contributed by atoms with E-state index in [9.17, 15) is 0 Å². The minimum atomic E-state index is -2.22. The molecule has 0 aliphatic carbocycles. The Morgan fingerprint density at radius 1 is 0.960 bits per heavy atom. The topological polar surface area (TPSA) is 9.23 Å². The standard InChI is InChI=1S/C19H31OSi.3CH3.Sn/c1-18(2,3)17-13-11-16(12-14-17)10-9-15-20-21(7,8)19(4,5)6;;;;/h9,11-14H,15H2,1-8H3;3*1H3;. The van der Waals surface area contributed by atoms with Crippen molar-refractivity contribution in [3.63, 3.8) is 0 Å². The summed E-state index contributed by atoms with van der Waals surface area (Å²) in [4.78, 5) is 7.47. The molecule has 0 heterocycles. The van der Waals surface area contributed by atoms with Gasteiger partial charge in [-0.15, -0.1) is 0 Å². The average Bonchev–Trinajstić information content (AvgIpc) is 2.40. The van der Waals surface area contributed by atoms with E-state index in [-0.39, 0.29) is 10.5 Å². The second kappa shape index (κ2) is 7.89. The van der Waals surface area contributed by atoms with Crippen molar-refractivity contribution in [3.05, 3.63) is 41.5 Å². The molecule has 0 spiro atoms. The molecular formula is C22H40OSiSn. The molecule has 0 saturated heterocycles. The van der Waals surface area contributed by atoms with Gasteiger partial charge in [-0.25, -0.2) is 0 Å². The van der Waals surface area contributed by atoms with Crippen molar-refractivity contribution < 1.29 is 4.43 Å². The molecule has 25 heavy (non-hydrogen) atoms. The molecule has 0 bridgehead atoms. The van der Waals surface area contributed by atoms with Gasteiger partial charge in [-0.05, 0) is 0 Å². The van der Waals surface area contributed by atoms with Crippen LogP contribution in [0, 0.1) is 0 Å². The molecule has 1 nitrogen and oxygen atoms in total. The number of benzene rings is 1. The molecule has 0 atom stereocenters. The fourth-order valence-corrected chi connectivity index (χ4v) is 8.42. The third kappa shape index (κ3) is 6.55. The van der Waals surface area contributed by atoms with E-state index in [1.807, 2.05) is 0 Å². The Morgan fingerprint density at radius 3 is 1.80 bits per heavy atom. The Kier molecular flexibility index (Phi) is 7.26. The number of rotatable bonds is 5. The molecule has 0 N–H and O–H groups in total. The van der Waals surface area contributed by atoms with E-state index in [0.29, 0.717) is 0 Å². The molecule has 1 aromatic rings. The first-order valence-electron chi connectivity index (χ1n) is 9.51. The minimum absolute atomic E-state index is 0.207. The normalized spacial score (nSPS) is 14.8. The summed E-state index contributed by atoms with van der Waals surface area (Å²) in [6.45, 7) is 19.1. The summed E-state index contributed by atoms with van der Waals surface area (Å²) >= 11 is -2.22. The van der Waals surface area contributed by atoms with Crippen LogP contribution in [0.4, 0.5) is 0 Å². The molecule has 0 amide bonds. The Bertz CT molecular complexity index is 593. The Labute approximate surface area is 162 Å². The van der Waals surface area contributed by atoms with Crippen molar-refractivity contribution >= 4 is 30.3 Å². The zero-order valence-corrected chi connectivity index (χ0v) is 22.4. The number of hydrogen-bond acceptors (Lipinski definition) is 1. The maximum absolute atomic E-state index is 6.42. The summed E-state index contributed by atoms with van der Waals surface area (Å²) in [5, 5.41) is 0.264. The van der Waals surface area contributed by atoms with Gasteiger partial charge in [0, 0.05) is 0 Å². The van der Waals surface area contributed by atoms with Crippen molar-refractivity contribution in [2.24, 2.45) is 0 Å². The quantitative estimate of drug-likeness (QED) is 0.414. The van der Waals surface area contributed by atoms with Crippen molar-refractivity contribution in [2.75, 3.05) is 6.61 Å². The third-order valence-corrected chi connectivity index (χ3v) is 15.9. The second-order valence-corrected chi connectivity index (χ2v) is 30.0. The van der Waals surface area contributed by atoms with Crippen LogP contribution in [0.5, 0.6) is 0 Å². The summed E-state index contributed by atoms with van der Waals surface area (Å²) < 4.78 is 7.99. The monoisotopic (exact) mass is 468 g/mol. The van der Waals surface area contributed by atoms with Gasteiger partial charge in [0.2, 0.25) is 0 Å². The van der Waals surface area contributed by atoms with Gasteiger partial charge in [0.05, 0.1) is 0 Å². The molecule has 1 rings (SSSR count). The molecule has 0 saturated carbocycles. The van der Waals surface area contributed by atoms with Crippen LogP contribution in [-0.4, -0.2) is 33.3 Å². The molecule has 142 valence electrons. The average molecular weight is 467 g/mol. The van der Waals surface area contributed by atoms with Gasteiger partial charge < -0.3 is 0 Å². The summed E-state index contributed by atoms with van der Waals surface area (Å²) in [7, 11) is -1.69. The maximum atomic E-state index is 6.42. The van der Waals surface area contributed by atoms with Crippen molar-refractivity contribution in [1.29, 1.82) is 0 Å². The van der Waals surface area contributed by atoms with Crippen LogP contribution in [0.3, 0.4) is 0 Å². The van der Waals surface area contributed by atoms with Gasteiger partial charge >= 0.3 is 163 Å². The molecule has 0 aliphatic heterocycles. The summed E-state index contributed by atoms with van der Waals surface area (Å²) in [5.41, 5.74) is 3.01. The molecule has 0 radical (unpaired) electrons. The van der Waals surface area contributed by atoms with Crippen LogP contribution in [-0.2, 0) is 9.84 Å². The zero-order chi connectivity index (χ0) is 19.7. The molecule has 3 heteroatoms. The first-order valence-corrected chi connectivity index (χ1v) is 22.4. The van der Waals surface area contributed by atoms with E-state index < -0.39 is 26.7 Å². The van der Waals surface area contributed by atoms with Gasteiger partial charge in [-0.1, -0.05) is 0 Å². The van der Waals surface area contributed by atoms with E-state index in [1.54, 1.807) is 3.59 Å². The molecule has 0 aromatic heterocycles. The fourth-order valence-electron chi connectivity index (χ4n) is 2.56. The van der Waals surface area contributed by atoms with Gasteiger partial charge in [0.15, 0.2) is 0 Å². The molecule has 0 unspecified atom stereocenters. The van der Waals surface area contributed by atoms with Crippen LogP contribution in [0.2, 0.25) is 33.0 Å². The van der Waals surface area contributed by atoms with Crippen LogP contribution in [0.25, 0.3) is 3.59 Å². The van der Waals surface area contributed by atoms with Gasteiger partial charge in [-0.2, -0.15) is 0 Å². The van der Waals surface area contributed by atoms with Crippen molar-refractivity contribution in [2.45, 2.75) is 79.9 Å². The summed E-state index contributed by atoms with van der Waals surface area (Å²) in [6.07, 6.45) is 2.39. The van der Waals surface area contributed by atoms with E-state index in [4.69, 9.17) is 4.43 Å². The van der Waals surface area contributed by atoms with Crippen LogP contribution in [0.15, 0.2) is 30.3 Å². The first-order chi connectivity index (χ1) is 11.1. The van der Waals surface area contributed by atoms with E-state index >= 15 is 0 Å². The Hall–Kier alpha value is -0.0644. The van der Waals surface area contributed by atoms with Gasteiger partial charge in [-0.3, -0.25) is 0 Å². The number of hydrogen-bond donors (Lipinski definition) is 0. The first kappa shape index (κ1) is 23.0. The predicted molar refractivity (Wildman–Crippen MR) is 120 cm³/mol.